The average Bonchev–Trinajstić information content (AvgIpc) is 2.57. The van der Waals surface area contributed by atoms with Crippen molar-refractivity contribution < 1.29 is 19.8 Å². The molecule has 0 radical (unpaired) electrons. The van der Waals surface area contributed by atoms with Gasteiger partial charge in [0.05, 0.1) is 11.9 Å². The van der Waals surface area contributed by atoms with E-state index >= 15 is 0 Å². The Morgan fingerprint density at radius 2 is 0.960 bits per heavy atom. The van der Waals surface area contributed by atoms with Crippen LogP contribution in [0, 0.1) is 0 Å². The summed E-state index contributed by atoms with van der Waals surface area (Å²) >= 11 is 0. The van der Waals surface area contributed by atoms with E-state index < -0.39 is 11.9 Å². The Morgan fingerprint density at radius 3 is 1.16 bits per heavy atom. The lowest BCUT2D eigenvalue weighted by Crippen LogP contribution is -2.26. The standard InChI is InChI=1S/C12H10Si.2C4H6O2/c1-3-7-11(8-4-1)13-12-9-5-2-6-10-12;2*1-3(2)4(5)6/h1-10H;2*1H2,2H3,(H,5,6)/q+2;;/p-2. The molecule has 0 heterocycles. The molecule has 2 aromatic rings. The van der Waals surface area contributed by atoms with E-state index in [9.17, 15) is 19.8 Å². The largest absolute Gasteiger partial charge is 1.01 e. The first-order valence-corrected chi connectivity index (χ1v) is 8.34. The highest BCUT2D eigenvalue weighted by Crippen LogP contribution is 1.84. The number of benzene rings is 2. The number of aliphatic carboxylic acids is 2. The topological polar surface area (TPSA) is 80.3 Å². The average molecular weight is 352 g/mol. The van der Waals surface area contributed by atoms with Gasteiger partial charge in [-0.25, -0.2) is 0 Å². The highest BCUT2D eigenvalue weighted by atomic mass is 28.2. The second-order valence-corrected chi connectivity index (χ2v) is 6.40. The fourth-order valence-corrected chi connectivity index (χ4v) is 2.26. The molecule has 0 aliphatic rings. The van der Waals surface area contributed by atoms with E-state index in [-0.39, 0.29) is 11.1 Å². The van der Waals surface area contributed by atoms with Crippen LogP contribution in [0.4, 0.5) is 0 Å². The molecule has 4 nitrogen and oxygen atoms in total. The number of carbonyl (C=O) groups is 2. The van der Waals surface area contributed by atoms with Crippen LogP contribution in [-0.2, 0) is 9.59 Å². The molecule has 0 saturated carbocycles. The van der Waals surface area contributed by atoms with Gasteiger partial charge in [-0.15, -0.1) is 0 Å². The molecule has 25 heavy (non-hydrogen) atoms. The number of carboxylic acids is 2. The van der Waals surface area contributed by atoms with Crippen LogP contribution >= 0.6 is 0 Å². The molecule has 0 bridgehead atoms. The van der Waals surface area contributed by atoms with Crippen molar-refractivity contribution in [2.24, 2.45) is 0 Å². The van der Waals surface area contributed by atoms with Gasteiger partial charge in [-0.3, -0.25) is 0 Å². The predicted octanol–water partition coefficient (Wildman–Crippen LogP) is -0.0336. The Balaban J connectivity index is 0.000000406. The van der Waals surface area contributed by atoms with Crippen LogP contribution in [0.1, 0.15) is 13.8 Å². The monoisotopic (exact) mass is 352 g/mol. The van der Waals surface area contributed by atoms with E-state index in [0.717, 1.165) is 9.52 Å². The molecule has 0 saturated heterocycles. The zero-order chi connectivity index (χ0) is 19.2. The smallest absolute Gasteiger partial charge is 0.545 e. The van der Waals surface area contributed by atoms with Crippen molar-refractivity contribution >= 4 is 31.8 Å². The van der Waals surface area contributed by atoms with Crippen LogP contribution in [-0.4, -0.2) is 21.5 Å². The van der Waals surface area contributed by atoms with Crippen molar-refractivity contribution in [1.29, 1.82) is 0 Å². The molecule has 0 atom stereocenters. The third kappa shape index (κ3) is 12.2. The molecule has 0 spiro atoms. The van der Waals surface area contributed by atoms with Crippen LogP contribution < -0.4 is 20.6 Å². The van der Waals surface area contributed by atoms with Crippen molar-refractivity contribution in [3.05, 3.63) is 85.0 Å². The normalized spacial score (nSPS) is 8.40. The maximum absolute atomic E-state index is 9.49. The van der Waals surface area contributed by atoms with Crippen LogP contribution in [0.5, 0.6) is 0 Å². The van der Waals surface area contributed by atoms with Crippen molar-refractivity contribution in [1.82, 2.24) is 0 Å². The minimum Gasteiger partial charge on any atom is -0.545 e. The molecule has 0 aromatic heterocycles. The molecule has 2 aromatic carbocycles. The van der Waals surface area contributed by atoms with Gasteiger partial charge >= 0.3 is 19.9 Å². The van der Waals surface area contributed by atoms with Crippen LogP contribution in [0.25, 0.3) is 0 Å². The van der Waals surface area contributed by atoms with Crippen LogP contribution in [0.15, 0.2) is 85.0 Å². The van der Waals surface area contributed by atoms with Gasteiger partial charge in [-0.2, -0.15) is 0 Å². The zero-order valence-corrected chi connectivity index (χ0v) is 15.3. The Labute approximate surface area is 151 Å². The molecule has 2 rings (SSSR count). The van der Waals surface area contributed by atoms with Gasteiger partial charge in [-0.1, -0.05) is 49.6 Å². The third-order valence-corrected chi connectivity index (χ3v) is 3.78. The first-order chi connectivity index (χ1) is 11.7. The molecule has 0 unspecified atom stereocenters. The number of carbonyl (C=O) groups excluding carboxylic acids is 2. The first kappa shape index (κ1) is 22.1. The summed E-state index contributed by atoms with van der Waals surface area (Å²) in [5, 5.41) is 21.8. The quantitative estimate of drug-likeness (QED) is 0.571. The van der Waals surface area contributed by atoms with Crippen molar-refractivity contribution in [2.75, 3.05) is 0 Å². The van der Waals surface area contributed by atoms with Gasteiger partial charge in [0.25, 0.3) is 0 Å². The fraction of sp³-hybridized carbons (Fsp3) is 0.100. The Bertz CT molecular complexity index is 609. The van der Waals surface area contributed by atoms with Crippen molar-refractivity contribution in [3.63, 3.8) is 0 Å². The Hall–Kier alpha value is -2.92. The van der Waals surface area contributed by atoms with E-state index in [4.69, 9.17) is 0 Å². The maximum Gasteiger partial charge on any atom is 1.01 e. The van der Waals surface area contributed by atoms with Crippen molar-refractivity contribution in [2.45, 2.75) is 13.8 Å². The minimum absolute atomic E-state index is 0.0648. The lowest BCUT2D eigenvalue weighted by Gasteiger charge is -1.93. The predicted molar refractivity (Wildman–Crippen MR) is 97.5 cm³/mol. The first-order valence-electron chi connectivity index (χ1n) is 7.34. The van der Waals surface area contributed by atoms with Gasteiger partial charge in [0.1, 0.15) is 0 Å². The lowest BCUT2D eigenvalue weighted by molar-refractivity contribution is -0.300. The summed E-state index contributed by atoms with van der Waals surface area (Å²) in [6, 6.07) is 21.2. The van der Waals surface area contributed by atoms with Gasteiger partial charge in [0, 0.05) is 24.3 Å². The molecule has 0 amide bonds. The third-order valence-electron chi connectivity index (χ3n) is 2.53. The highest BCUT2D eigenvalue weighted by Gasteiger charge is 2.41. The van der Waals surface area contributed by atoms with Gasteiger partial charge in [0.15, 0.2) is 0 Å². The summed E-state index contributed by atoms with van der Waals surface area (Å²) in [5.41, 5.74) is 0.130. The van der Waals surface area contributed by atoms with E-state index in [2.05, 4.69) is 73.8 Å². The second-order valence-electron chi connectivity index (χ2n) is 4.99. The lowest BCUT2D eigenvalue weighted by atomic mass is 10.4. The Kier molecular flexibility index (Phi) is 11.0. The molecule has 5 heteroatoms. The van der Waals surface area contributed by atoms with Gasteiger partial charge < -0.3 is 19.8 Å². The maximum atomic E-state index is 9.49. The van der Waals surface area contributed by atoms with Crippen molar-refractivity contribution in [3.8, 4) is 0 Å². The summed E-state index contributed by atoms with van der Waals surface area (Å²) in [5.74, 6) is -2.37. The van der Waals surface area contributed by atoms with Crippen LogP contribution in [0.3, 0.4) is 0 Å². The number of carboxylic acid groups (broad SMARTS) is 2. The zero-order valence-electron chi connectivity index (χ0n) is 14.3. The molecule has 0 fully saturated rings. The summed E-state index contributed by atoms with van der Waals surface area (Å²) in [6.45, 7) is 8.95. The molecule has 0 aliphatic carbocycles. The summed E-state index contributed by atoms with van der Waals surface area (Å²) in [6.07, 6.45) is 0. The number of hydrogen-bond donors (Lipinski definition) is 0. The summed E-state index contributed by atoms with van der Waals surface area (Å²) < 4.78 is 0. The second kappa shape index (κ2) is 12.5. The van der Waals surface area contributed by atoms with Gasteiger partial charge in [-0.05, 0) is 25.0 Å². The van der Waals surface area contributed by atoms with Gasteiger partial charge in [0.2, 0.25) is 0 Å². The number of rotatable bonds is 4. The van der Waals surface area contributed by atoms with E-state index in [1.807, 2.05) is 0 Å². The molecule has 0 aliphatic heterocycles. The summed E-state index contributed by atoms with van der Waals surface area (Å²) in [4.78, 5) is 19.0. The molecular weight excluding hydrogens is 332 g/mol. The Morgan fingerprint density at radius 1 is 0.720 bits per heavy atom. The summed E-state index contributed by atoms with van der Waals surface area (Å²) in [7, 11) is 0.777. The molecular formula is C20H20O4Si. The van der Waals surface area contributed by atoms with E-state index in [1.54, 1.807) is 0 Å². The molecule has 0 N–H and O–H groups in total. The highest BCUT2D eigenvalue weighted by molar-refractivity contribution is 6.67. The molecule has 128 valence electrons. The SMILES string of the molecule is C=C(C)C(=O)[O-].C=C(C)C(=O)[O-].c1ccc([Si+2]c2ccccc2)cc1. The van der Waals surface area contributed by atoms with E-state index in [1.165, 1.54) is 24.2 Å². The van der Waals surface area contributed by atoms with Crippen LogP contribution in [0.2, 0.25) is 0 Å². The number of hydrogen-bond acceptors (Lipinski definition) is 4. The van der Waals surface area contributed by atoms with E-state index in [0.29, 0.717) is 0 Å². The fourth-order valence-electron chi connectivity index (χ4n) is 1.21. The minimum atomic E-state index is -1.19.